The molecule has 0 spiro atoms. The van der Waals surface area contributed by atoms with Crippen molar-refractivity contribution < 1.29 is 23.9 Å². The fourth-order valence-corrected chi connectivity index (χ4v) is 5.48. The van der Waals surface area contributed by atoms with Gasteiger partial charge < -0.3 is 24.2 Å². The van der Waals surface area contributed by atoms with E-state index < -0.39 is 14.1 Å². The summed E-state index contributed by atoms with van der Waals surface area (Å²) in [6.07, 6.45) is 4.20. The maximum absolute atomic E-state index is 13.7. The number of nitrogens with zero attached hydrogens (tertiary/aromatic N) is 5. The number of halogens is 7. The molecule has 5 rings (SSSR count). The predicted molar refractivity (Wildman–Crippen MR) is 176 cm³/mol. The van der Waals surface area contributed by atoms with Gasteiger partial charge in [-0.25, -0.2) is 14.3 Å². The van der Waals surface area contributed by atoms with Gasteiger partial charge in [0.15, 0.2) is 0 Å². The molecule has 0 aliphatic carbocycles. The number of aromatic nitrogens is 2. The van der Waals surface area contributed by atoms with E-state index in [2.05, 4.69) is 14.6 Å². The molecule has 0 saturated carbocycles. The van der Waals surface area contributed by atoms with Crippen molar-refractivity contribution in [1.29, 1.82) is 0 Å². The molecule has 1 fully saturated rings. The summed E-state index contributed by atoms with van der Waals surface area (Å²) in [5.41, 5.74) is 2.98. The number of hydrogen-bond donors (Lipinski definition) is 0. The molecule has 1 saturated heterocycles. The summed E-state index contributed by atoms with van der Waals surface area (Å²) in [6.45, 7) is 4.47. The molecule has 3 aromatic rings. The molecule has 1 atom stereocenters. The molecule has 45 heavy (non-hydrogen) atoms. The first-order valence-electron chi connectivity index (χ1n) is 13.4. The molecule has 1 aromatic heterocycles. The minimum absolute atomic E-state index is 0.0470. The van der Waals surface area contributed by atoms with Gasteiger partial charge in [-0.1, -0.05) is 29.8 Å². The van der Waals surface area contributed by atoms with E-state index in [1.165, 1.54) is 0 Å². The van der Waals surface area contributed by atoms with Gasteiger partial charge in [-0.15, -0.1) is 0 Å². The van der Waals surface area contributed by atoms with Crippen LogP contribution in [0.25, 0.3) is 5.69 Å². The molecular weight excluding hydrogens is 735 g/mol. The second-order valence-electron chi connectivity index (χ2n) is 9.96. The standard InChI is InChI=1S/C25H26ClN5O2.C3Cl6O3/c1-18-16-30(24(32)21-10-9-20(15-22(21)26)31-14-6-11-27-31)23-8-3-2-7-19(23)17-29(18)25(33)28-12-4-5-13-28;4-2(5,6)11-1(10)12-3(7,8)9/h2-3,6-11,14-15,18H,4-5,12-13,16-17H2,1H3;/t18-;/m1./s1. The van der Waals surface area contributed by atoms with E-state index in [-0.39, 0.29) is 18.0 Å². The van der Waals surface area contributed by atoms with Crippen LogP contribution in [0.2, 0.25) is 5.02 Å². The van der Waals surface area contributed by atoms with Gasteiger partial charge in [0.25, 0.3) is 5.91 Å². The van der Waals surface area contributed by atoms with Crippen molar-refractivity contribution >= 4 is 105 Å². The van der Waals surface area contributed by atoms with Crippen LogP contribution in [-0.4, -0.2) is 71.3 Å². The van der Waals surface area contributed by atoms with Crippen molar-refractivity contribution in [1.82, 2.24) is 19.6 Å². The number of urea groups is 1. The molecule has 3 heterocycles. The Bertz CT molecular complexity index is 1490. The Morgan fingerprint density at radius 3 is 2.13 bits per heavy atom. The number of hydrogen-bond acceptors (Lipinski definition) is 6. The molecule has 10 nitrogen and oxygen atoms in total. The SMILES string of the molecule is C[C@@H]1CN(C(=O)c2ccc(-n3cccn3)cc2Cl)c2ccccc2CN1C(=O)N1CCCC1.O=C(OC(Cl)(Cl)Cl)OC(Cl)(Cl)Cl. The van der Waals surface area contributed by atoms with Crippen molar-refractivity contribution in [3.8, 4) is 5.69 Å². The quantitative estimate of drug-likeness (QED) is 0.192. The number of carbonyl (C=O) groups is 3. The number of fused-ring (bicyclic) bond motifs is 1. The zero-order valence-electron chi connectivity index (χ0n) is 23.5. The van der Waals surface area contributed by atoms with E-state index in [4.69, 9.17) is 81.2 Å². The minimum atomic E-state index is -2.24. The first-order valence-corrected chi connectivity index (χ1v) is 16.1. The minimum Gasteiger partial charge on any atom is -0.382 e. The van der Waals surface area contributed by atoms with Gasteiger partial charge in [0.2, 0.25) is 0 Å². The molecule has 2 aromatic carbocycles. The van der Waals surface area contributed by atoms with Crippen LogP contribution in [0.4, 0.5) is 15.3 Å². The summed E-state index contributed by atoms with van der Waals surface area (Å²) in [6, 6.07) is 14.9. The molecule has 0 unspecified atom stereocenters. The maximum Gasteiger partial charge on any atom is 0.515 e. The number of para-hydroxylation sites is 1. The molecular formula is C28H26Cl7N5O5. The van der Waals surface area contributed by atoms with Gasteiger partial charge in [0, 0.05) is 50.3 Å². The van der Waals surface area contributed by atoms with Crippen LogP contribution in [-0.2, 0) is 16.0 Å². The number of benzene rings is 2. The zero-order chi connectivity index (χ0) is 32.9. The summed E-state index contributed by atoms with van der Waals surface area (Å²) in [7, 11) is 0. The van der Waals surface area contributed by atoms with Gasteiger partial charge in [0.05, 0.1) is 16.3 Å². The Morgan fingerprint density at radius 1 is 0.911 bits per heavy atom. The van der Waals surface area contributed by atoms with Crippen LogP contribution >= 0.6 is 81.2 Å². The fraction of sp³-hybridized carbons (Fsp3) is 0.357. The van der Waals surface area contributed by atoms with Gasteiger partial charge >= 0.3 is 20.1 Å². The van der Waals surface area contributed by atoms with Crippen molar-refractivity contribution in [3.63, 3.8) is 0 Å². The van der Waals surface area contributed by atoms with Crippen molar-refractivity contribution in [2.75, 3.05) is 24.5 Å². The molecule has 2 aliphatic rings. The molecule has 17 heteroatoms. The number of amides is 3. The molecule has 0 radical (unpaired) electrons. The van der Waals surface area contributed by atoms with Gasteiger partial charge in [-0.2, -0.15) is 5.10 Å². The number of alkyl halides is 6. The highest BCUT2D eigenvalue weighted by Crippen LogP contribution is 2.33. The highest BCUT2D eigenvalue weighted by atomic mass is 35.6. The highest BCUT2D eigenvalue weighted by molar-refractivity contribution is 6.67. The topological polar surface area (TPSA) is 97.2 Å². The van der Waals surface area contributed by atoms with Crippen molar-refractivity contribution in [3.05, 3.63) is 77.1 Å². The Kier molecular flexibility index (Phi) is 11.9. The van der Waals surface area contributed by atoms with Gasteiger partial charge in [-0.3, -0.25) is 4.79 Å². The van der Waals surface area contributed by atoms with E-state index in [1.54, 1.807) is 27.9 Å². The molecule has 0 bridgehead atoms. The molecule has 2 aliphatic heterocycles. The number of ether oxygens (including phenoxy) is 2. The predicted octanol–water partition coefficient (Wildman–Crippen LogP) is 8.39. The van der Waals surface area contributed by atoms with Gasteiger partial charge in [0.1, 0.15) is 0 Å². The van der Waals surface area contributed by atoms with Crippen LogP contribution < -0.4 is 4.90 Å². The monoisotopic (exact) mass is 757 g/mol. The summed E-state index contributed by atoms with van der Waals surface area (Å²) in [5.74, 6) is -0.179. The van der Waals surface area contributed by atoms with E-state index in [0.717, 1.165) is 42.9 Å². The Hall–Kier alpha value is -2.31. The van der Waals surface area contributed by atoms with Crippen LogP contribution in [0.3, 0.4) is 0 Å². The maximum atomic E-state index is 13.7. The summed E-state index contributed by atoms with van der Waals surface area (Å²) in [5, 5.41) is 4.59. The fourth-order valence-electron chi connectivity index (χ4n) is 4.84. The third-order valence-electron chi connectivity index (χ3n) is 6.82. The normalized spacial score (nSPS) is 16.7. The number of anilines is 1. The first-order chi connectivity index (χ1) is 21.1. The number of rotatable bonds is 2. The smallest absolute Gasteiger partial charge is 0.382 e. The summed E-state index contributed by atoms with van der Waals surface area (Å²) >= 11 is 36.8. The first kappa shape index (κ1) is 35.5. The van der Waals surface area contributed by atoms with Crippen LogP contribution in [0, 0.1) is 0 Å². The lowest BCUT2D eigenvalue weighted by atomic mass is 10.1. The third kappa shape index (κ3) is 9.84. The average Bonchev–Trinajstić information content (AvgIpc) is 3.65. The number of likely N-dealkylation sites (tertiary alicyclic amines) is 1. The lowest BCUT2D eigenvalue weighted by Gasteiger charge is -2.32. The van der Waals surface area contributed by atoms with Crippen LogP contribution in [0.5, 0.6) is 0 Å². The Morgan fingerprint density at radius 2 is 1.56 bits per heavy atom. The van der Waals surface area contributed by atoms with Gasteiger partial charge in [-0.05, 0) is 125 Å². The van der Waals surface area contributed by atoms with E-state index in [0.29, 0.717) is 23.7 Å². The summed E-state index contributed by atoms with van der Waals surface area (Å²) < 4.78 is 5.20. The highest BCUT2D eigenvalue weighted by Gasteiger charge is 2.35. The Labute approximate surface area is 294 Å². The number of carbonyl (C=O) groups excluding carboxylic acids is 3. The lowest BCUT2D eigenvalue weighted by Crippen LogP contribution is -2.49. The summed E-state index contributed by atoms with van der Waals surface area (Å²) in [4.78, 5) is 43.0. The lowest BCUT2D eigenvalue weighted by molar-refractivity contribution is 0.0508. The van der Waals surface area contributed by atoms with Crippen molar-refractivity contribution in [2.45, 2.75) is 40.3 Å². The Balaban J connectivity index is 0.000000328. The second kappa shape index (κ2) is 15.1. The molecule has 242 valence electrons. The zero-order valence-corrected chi connectivity index (χ0v) is 28.8. The van der Waals surface area contributed by atoms with E-state index in [1.807, 2.05) is 59.3 Å². The van der Waals surface area contributed by atoms with Crippen LogP contribution in [0.15, 0.2) is 60.9 Å². The third-order valence-corrected chi connectivity index (χ3v) is 7.60. The van der Waals surface area contributed by atoms with E-state index >= 15 is 0 Å². The average molecular weight is 761 g/mol. The molecule has 0 N–H and O–H groups in total. The largest absolute Gasteiger partial charge is 0.515 e. The molecule has 3 amide bonds. The van der Waals surface area contributed by atoms with Crippen molar-refractivity contribution in [2.24, 2.45) is 0 Å². The van der Waals surface area contributed by atoms with Crippen LogP contribution in [0.1, 0.15) is 35.7 Å². The second-order valence-corrected chi connectivity index (χ2v) is 14.7. The van der Waals surface area contributed by atoms with E-state index in [9.17, 15) is 14.4 Å².